The molecule has 0 aliphatic rings. The lowest BCUT2D eigenvalue weighted by atomic mass is 10.7. The Balaban J connectivity index is 0.000000265. The minimum Gasteiger partial charge on any atom is -0.303 e. The Morgan fingerprint density at radius 3 is 2.20 bits per heavy atom. The first-order chi connectivity index (χ1) is 6.89. The van der Waals surface area contributed by atoms with Gasteiger partial charge >= 0.3 is 7.82 Å². The number of phosphoric ester groups is 1. The van der Waals surface area contributed by atoms with Crippen molar-refractivity contribution in [3.05, 3.63) is 18.7 Å². The molecule has 0 aliphatic carbocycles. The van der Waals surface area contributed by atoms with E-state index in [2.05, 4.69) is 28.5 Å². The van der Waals surface area contributed by atoms with Gasteiger partial charge in [0.15, 0.2) is 0 Å². The van der Waals surface area contributed by atoms with E-state index in [1.807, 2.05) is 17.8 Å². The Kier molecular flexibility index (Phi) is 6.43. The van der Waals surface area contributed by atoms with E-state index in [-0.39, 0.29) is 6.61 Å². The van der Waals surface area contributed by atoms with Gasteiger partial charge in [-0.3, -0.25) is 4.52 Å². The molecule has 0 saturated heterocycles. The van der Waals surface area contributed by atoms with Gasteiger partial charge in [-0.15, -0.1) is 0 Å². The van der Waals surface area contributed by atoms with Crippen molar-refractivity contribution in [1.29, 1.82) is 0 Å². The highest BCUT2D eigenvalue weighted by molar-refractivity contribution is 7.46. The predicted octanol–water partition coefficient (Wildman–Crippen LogP) is 0.448. The first kappa shape index (κ1) is 14.3. The summed E-state index contributed by atoms with van der Waals surface area (Å²) in [5.74, 6) is 0. The lowest BCUT2D eigenvalue weighted by molar-refractivity contribution is -0.671. The molecule has 1 aromatic heterocycles. The second-order valence-corrected chi connectivity index (χ2v) is 4.06. The average molecular weight is 237 g/mol. The Hall–Kier alpha value is -0.680. The molecule has 0 aromatic carbocycles. The van der Waals surface area contributed by atoms with Crippen molar-refractivity contribution in [2.24, 2.45) is 7.05 Å². The van der Waals surface area contributed by atoms with Gasteiger partial charge in [0.2, 0.25) is 6.33 Å². The standard InChI is InChI=1S/C6H11N2.C2H7O4P/c1-3-8-5-4-7(2)6-8;1-2-6-7(3,4)5/h4-6H,3H2,1-2H3;2H2,1H3,(H2,3,4,5)/q+1;. The molecule has 0 bridgehead atoms. The van der Waals surface area contributed by atoms with Crippen molar-refractivity contribution in [2.75, 3.05) is 6.61 Å². The second kappa shape index (κ2) is 6.74. The topological polar surface area (TPSA) is 75.6 Å². The molecular formula is C8H18N2O4P+. The van der Waals surface area contributed by atoms with Crippen LogP contribution in [0.5, 0.6) is 0 Å². The molecule has 0 unspecified atom stereocenters. The van der Waals surface area contributed by atoms with Crippen LogP contribution in [-0.4, -0.2) is 21.0 Å². The molecule has 0 spiro atoms. The molecule has 6 nitrogen and oxygen atoms in total. The van der Waals surface area contributed by atoms with Crippen LogP contribution in [-0.2, 0) is 22.7 Å². The zero-order chi connectivity index (χ0) is 11.9. The van der Waals surface area contributed by atoms with Gasteiger partial charge in [-0.1, -0.05) is 0 Å². The number of nitrogens with zero attached hydrogens (tertiary/aromatic N) is 2. The smallest absolute Gasteiger partial charge is 0.303 e. The van der Waals surface area contributed by atoms with Crippen molar-refractivity contribution in [2.45, 2.75) is 20.4 Å². The average Bonchev–Trinajstić information content (AvgIpc) is 2.50. The molecule has 0 aliphatic heterocycles. The zero-order valence-electron chi connectivity index (χ0n) is 9.20. The van der Waals surface area contributed by atoms with Crippen molar-refractivity contribution in [3.63, 3.8) is 0 Å². The molecule has 0 saturated carbocycles. The van der Waals surface area contributed by atoms with E-state index < -0.39 is 7.82 Å². The fourth-order valence-electron chi connectivity index (χ4n) is 0.857. The number of rotatable bonds is 3. The number of phosphoric acid groups is 1. The fraction of sp³-hybridized carbons (Fsp3) is 0.625. The maximum absolute atomic E-state index is 9.70. The summed E-state index contributed by atoms with van der Waals surface area (Å²) < 4.78 is 17.8. The van der Waals surface area contributed by atoms with Gasteiger partial charge in [-0.25, -0.2) is 13.7 Å². The van der Waals surface area contributed by atoms with Gasteiger partial charge in [0.1, 0.15) is 12.4 Å². The maximum atomic E-state index is 9.70. The summed E-state index contributed by atoms with van der Waals surface area (Å²) in [5.41, 5.74) is 0. The highest BCUT2D eigenvalue weighted by Crippen LogP contribution is 2.34. The molecule has 88 valence electrons. The van der Waals surface area contributed by atoms with Crippen molar-refractivity contribution >= 4 is 7.82 Å². The second-order valence-electron chi connectivity index (χ2n) is 2.82. The first-order valence-electron chi connectivity index (χ1n) is 4.60. The highest BCUT2D eigenvalue weighted by atomic mass is 31.2. The highest BCUT2D eigenvalue weighted by Gasteiger charge is 2.10. The Labute approximate surface area is 89.4 Å². The van der Waals surface area contributed by atoms with Crippen molar-refractivity contribution in [1.82, 2.24) is 4.57 Å². The van der Waals surface area contributed by atoms with Crippen LogP contribution in [0.15, 0.2) is 18.7 Å². The summed E-state index contributed by atoms with van der Waals surface area (Å²) in [6.45, 7) is 4.74. The molecule has 7 heteroatoms. The largest absolute Gasteiger partial charge is 0.469 e. The van der Waals surface area contributed by atoms with Crippen molar-refractivity contribution in [3.8, 4) is 0 Å². The molecule has 1 rings (SSSR count). The molecule has 1 heterocycles. The van der Waals surface area contributed by atoms with Crippen LogP contribution < -0.4 is 4.57 Å². The van der Waals surface area contributed by atoms with Crippen LogP contribution in [0.3, 0.4) is 0 Å². The number of aromatic nitrogens is 2. The van der Waals surface area contributed by atoms with Gasteiger partial charge in [-0.2, -0.15) is 0 Å². The molecule has 0 radical (unpaired) electrons. The van der Waals surface area contributed by atoms with E-state index in [1.54, 1.807) is 0 Å². The summed E-state index contributed by atoms with van der Waals surface area (Å²) in [4.78, 5) is 15.8. The van der Waals surface area contributed by atoms with Gasteiger partial charge in [-0.05, 0) is 13.8 Å². The monoisotopic (exact) mass is 237 g/mol. The SMILES string of the molecule is CCOP(=O)(O)O.CCn1cc[n+](C)c1. The van der Waals surface area contributed by atoms with E-state index in [1.165, 1.54) is 6.92 Å². The molecule has 2 N–H and O–H groups in total. The van der Waals surface area contributed by atoms with Crippen LogP contribution in [0.25, 0.3) is 0 Å². The number of imidazole rings is 1. The summed E-state index contributed by atoms with van der Waals surface area (Å²) in [7, 11) is -2.15. The normalized spacial score (nSPS) is 10.7. The lowest BCUT2D eigenvalue weighted by Crippen LogP contribution is -2.23. The summed E-state index contributed by atoms with van der Waals surface area (Å²) in [6.07, 6.45) is 6.14. The van der Waals surface area contributed by atoms with E-state index in [0.29, 0.717) is 0 Å². The minimum atomic E-state index is -4.17. The predicted molar refractivity (Wildman–Crippen MR) is 55.0 cm³/mol. The van der Waals surface area contributed by atoms with E-state index in [4.69, 9.17) is 9.79 Å². The first-order valence-corrected chi connectivity index (χ1v) is 6.13. The Morgan fingerprint density at radius 1 is 1.47 bits per heavy atom. The lowest BCUT2D eigenvalue weighted by Gasteiger charge is -1.98. The van der Waals surface area contributed by atoms with E-state index >= 15 is 0 Å². The fourth-order valence-corrected chi connectivity index (χ4v) is 1.19. The zero-order valence-corrected chi connectivity index (χ0v) is 10.1. The minimum absolute atomic E-state index is 0.0459. The van der Waals surface area contributed by atoms with E-state index in [9.17, 15) is 4.57 Å². The third-order valence-corrected chi connectivity index (χ3v) is 2.08. The Bertz CT molecular complexity index is 320. The van der Waals surface area contributed by atoms with Crippen LogP contribution in [0, 0.1) is 0 Å². The quantitative estimate of drug-likeness (QED) is 0.591. The van der Waals surface area contributed by atoms with Gasteiger partial charge in [0.25, 0.3) is 0 Å². The maximum Gasteiger partial charge on any atom is 0.469 e. The molecule has 0 atom stereocenters. The molecule has 15 heavy (non-hydrogen) atoms. The van der Waals surface area contributed by atoms with Crippen LogP contribution in [0.4, 0.5) is 0 Å². The Morgan fingerprint density at radius 2 is 2.07 bits per heavy atom. The number of aryl methyl sites for hydroxylation is 2. The van der Waals surface area contributed by atoms with Crippen LogP contribution >= 0.6 is 7.82 Å². The number of hydrogen-bond acceptors (Lipinski definition) is 2. The summed E-state index contributed by atoms with van der Waals surface area (Å²) >= 11 is 0. The summed E-state index contributed by atoms with van der Waals surface area (Å²) in [6, 6.07) is 0. The van der Waals surface area contributed by atoms with Gasteiger partial charge in [0, 0.05) is 0 Å². The summed E-state index contributed by atoms with van der Waals surface area (Å²) in [5, 5.41) is 0. The van der Waals surface area contributed by atoms with E-state index in [0.717, 1.165) is 6.54 Å². The molecule has 0 amide bonds. The molecule has 1 aromatic rings. The van der Waals surface area contributed by atoms with Crippen LogP contribution in [0.2, 0.25) is 0 Å². The molecule has 0 fully saturated rings. The van der Waals surface area contributed by atoms with Crippen molar-refractivity contribution < 1.29 is 23.4 Å². The van der Waals surface area contributed by atoms with Crippen LogP contribution in [0.1, 0.15) is 13.8 Å². The third kappa shape index (κ3) is 8.32. The third-order valence-electron chi connectivity index (χ3n) is 1.49. The van der Waals surface area contributed by atoms with Gasteiger partial charge in [0.05, 0.1) is 20.2 Å². The van der Waals surface area contributed by atoms with Gasteiger partial charge < -0.3 is 9.79 Å². The molecular weight excluding hydrogens is 219 g/mol. The number of hydrogen-bond donors (Lipinski definition) is 2.